The monoisotopic (exact) mass is 690 g/mol. The summed E-state index contributed by atoms with van der Waals surface area (Å²) in [4.78, 5) is 41.5. The van der Waals surface area contributed by atoms with Crippen molar-refractivity contribution < 1.29 is 19.2 Å². The van der Waals surface area contributed by atoms with E-state index in [1.807, 2.05) is 6.07 Å². The van der Waals surface area contributed by atoms with Crippen molar-refractivity contribution in [3.8, 4) is 0 Å². The molecule has 3 aliphatic rings. The molecule has 268 valence electrons. The van der Waals surface area contributed by atoms with Crippen molar-refractivity contribution in [3.63, 3.8) is 0 Å². The standard InChI is InChI=1S/C33H43FN10O2.C2H4O2/c1-23-10-16-41(17-11-23)28-21-29(42-18-12-24(2)13-19-42)30(44(45)46)20-25(28)22-35-40-32-37-31(36-27-8-6-26(34)7-9-27)38-33(39-32)43-14-4-3-5-15-43;1-2(3)4/h6-9,20-24H,3-5,10-19H2,1-2H3,(H2,36,37,38,39,40);1H3,(H,3,4)/b35-22+;. The molecular formula is C35H47FN10O4. The number of hydrogen-bond donors (Lipinski definition) is 3. The number of aliphatic carboxylic acids is 1. The van der Waals surface area contributed by atoms with Gasteiger partial charge in [-0.05, 0) is 87.1 Å². The summed E-state index contributed by atoms with van der Waals surface area (Å²) >= 11 is 0. The maximum atomic E-state index is 13.5. The Balaban J connectivity index is 0.00000115. The number of rotatable bonds is 9. The molecule has 0 amide bonds. The average Bonchev–Trinajstić information content (AvgIpc) is 3.10. The number of carbonyl (C=O) groups is 1. The summed E-state index contributed by atoms with van der Waals surface area (Å²) in [6, 6.07) is 9.63. The number of benzene rings is 2. The minimum Gasteiger partial charge on any atom is -0.481 e. The Morgan fingerprint density at radius 3 is 2.02 bits per heavy atom. The fraction of sp³-hybridized carbons (Fsp3) is 0.514. The Morgan fingerprint density at radius 1 is 0.880 bits per heavy atom. The van der Waals surface area contributed by atoms with Crippen LogP contribution in [-0.4, -0.2) is 76.4 Å². The molecule has 14 nitrogen and oxygen atoms in total. The quantitative estimate of drug-likeness (QED) is 0.124. The second-order valence-corrected chi connectivity index (χ2v) is 13.3. The number of aromatic nitrogens is 3. The van der Waals surface area contributed by atoms with E-state index in [0.29, 0.717) is 40.7 Å². The first-order chi connectivity index (χ1) is 24.0. The molecule has 0 radical (unpaired) electrons. The molecule has 3 aliphatic heterocycles. The second-order valence-electron chi connectivity index (χ2n) is 13.3. The van der Waals surface area contributed by atoms with E-state index < -0.39 is 5.97 Å². The van der Waals surface area contributed by atoms with Gasteiger partial charge in [0.2, 0.25) is 17.8 Å². The lowest BCUT2D eigenvalue weighted by Gasteiger charge is -2.35. The van der Waals surface area contributed by atoms with Crippen LogP contribution in [0.3, 0.4) is 0 Å². The van der Waals surface area contributed by atoms with Gasteiger partial charge in [0.05, 0.1) is 11.1 Å². The highest BCUT2D eigenvalue weighted by atomic mass is 19.1. The molecule has 3 saturated heterocycles. The van der Waals surface area contributed by atoms with Gasteiger partial charge in [-0.3, -0.25) is 14.9 Å². The maximum Gasteiger partial charge on any atom is 0.300 e. The molecule has 3 fully saturated rings. The van der Waals surface area contributed by atoms with Gasteiger partial charge >= 0.3 is 0 Å². The van der Waals surface area contributed by atoms with Crippen LogP contribution in [-0.2, 0) is 4.79 Å². The summed E-state index contributed by atoms with van der Waals surface area (Å²) in [6.45, 7) is 10.7. The smallest absolute Gasteiger partial charge is 0.300 e. The number of hydrazone groups is 1. The first kappa shape index (κ1) is 36.2. The predicted molar refractivity (Wildman–Crippen MR) is 194 cm³/mol. The van der Waals surface area contributed by atoms with Crippen molar-refractivity contribution in [2.75, 3.05) is 64.7 Å². The third-order valence-corrected chi connectivity index (χ3v) is 9.30. The van der Waals surface area contributed by atoms with Gasteiger partial charge in [-0.2, -0.15) is 20.1 Å². The molecule has 3 aromatic rings. The van der Waals surface area contributed by atoms with Crippen LogP contribution in [0.25, 0.3) is 0 Å². The molecular weight excluding hydrogens is 643 g/mol. The van der Waals surface area contributed by atoms with Crippen LogP contribution in [0.1, 0.15) is 71.3 Å². The van der Waals surface area contributed by atoms with Crippen LogP contribution in [0.2, 0.25) is 0 Å². The van der Waals surface area contributed by atoms with E-state index in [1.54, 1.807) is 24.4 Å². The molecule has 2 aromatic carbocycles. The Morgan fingerprint density at radius 2 is 1.44 bits per heavy atom. The zero-order chi connectivity index (χ0) is 35.6. The topological polar surface area (TPSA) is 165 Å². The van der Waals surface area contributed by atoms with E-state index in [-0.39, 0.29) is 22.4 Å². The number of halogens is 1. The fourth-order valence-corrected chi connectivity index (χ4v) is 6.39. The van der Waals surface area contributed by atoms with E-state index in [4.69, 9.17) is 9.90 Å². The van der Waals surface area contributed by atoms with E-state index in [9.17, 15) is 14.5 Å². The molecule has 0 bridgehead atoms. The van der Waals surface area contributed by atoms with Crippen molar-refractivity contribution in [1.82, 2.24) is 15.0 Å². The molecule has 0 aliphatic carbocycles. The van der Waals surface area contributed by atoms with Gasteiger partial charge in [-0.1, -0.05) is 13.8 Å². The summed E-state index contributed by atoms with van der Waals surface area (Å²) < 4.78 is 13.5. The molecule has 15 heteroatoms. The van der Waals surface area contributed by atoms with Gasteiger partial charge in [0.1, 0.15) is 11.5 Å². The Bertz CT molecular complexity index is 1630. The normalized spacial score (nSPS) is 17.3. The van der Waals surface area contributed by atoms with Crippen molar-refractivity contribution in [2.45, 2.75) is 65.7 Å². The van der Waals surface area contributed by atoms with Gasteiger partial charge < -0.3 is 25.1 Å². The van der Waals surface area contributed by atoms with Crippen LogP contribution < -0.4 is 25.4 Å². The number of nitrogens with zero attached hydrogens (tertiary/aromatic N) is 8. The number of nitrogens with one attached hydrogen (secondary N) is 2. The lowest BCUT2D eigenvalue weighted by molar-refractivity contribution is -0.384. The minimum atomic E-state index is -0.833. The van der Waals surface area contributed by atoms with Crippen molar-refractivity contribution in [3.05, 3.63) is 57.9 Å². The van der Waals surface area contributed by atoms with Gasteiger partial charge in [-0.25, -0.2) is 9.82 Å². The molecule has 0 atom stereocenters. The highest BCUT2D eigenvalue weighted by Gasteiger charge is 2.28. The Kier molecular flexibility index (Phi) is 12.3. The van der Waals surface area contributed by atoms with Gasteiger partial charge in [0.25, 0.3) is 11.7 Å². The third kappa shape index (κ3) is 9.98. The first-order valence-electron chi connectivity index (χ1n) is 17.4. The molecule has 0 saturated carbocycles. The van der Waals surface area contributed by atoms with Gasteiger partial charge in [-0.15, -0.1) is 0 Å². The van der Waals surface area contributed by atoms with E-state index in [1.165, 1.54) is 12.1 Å². The lowest BCUT2D eigenvalue weighted by atomic mass is 9.96. The number of carboxylic acids is 1. The minimum absolute atomic E-state index is 0.0865. The van der Waals surface area contributed by atoms with Crippen molar-refractivity contribution in [2.24, 2.45) is 16.9 Å². The molecule has 3 N–H and O–H groups in total. The molecule has 6 rings (SSSR count). The third-order valence-electron chi connectivity index (χ3n) is 9.30. The Hall–Kier alpha value is -5.08. The van der Waals surface area contributed by atoms with Crippen LogP contribution in [0.5, 0.6) is 0 Å². The summed E-state index contributed by atoms with van der Waals surface area (Å²) in [7, 11) is 0. The highest BCUT2D eigenvalue weighted by Crippen LogP contribution is 2.38. The van der Waals surface area contributed by atoms with Gasteiger partial charge in [0, 0.05) is 69.2 Å². The Labute approximate surface area is 292 Å². The number of nitro groups is 1. The van der Waals surface area contributed by atoms with Gasteiger partial charge in [0.15, 0.2) is 0 Å². The van der Waals surface area contributed by atoms with Crippen LogP contribution >= 0.6 is 0 Å². The number of nitro benzene ring substituents is 1. The molecule has 4 heterocycles. The second kappa shape index (κ2) is 17.0. The largest absolute Gasteiger partial charge is 0.481 e. The number of hydrogen-bond acceptors (Lipinski definition) is 12. The summed E-state index contributed by atoms with van der Waals surface area (Å²) in [5.74, 6) is 1.16. The molecule has 0 spiro atoms. The van der Waals surface area contributed by atoms with Crippen molar-refractivity contribution in [1.29, 1.82) is 0 Å². The highest BCUT2D eigenvalue weighted by molar-refractivity contribution is 5.92. The van der Waals surface area contributed by atoms with Crippen LogP contribution in [0.4, 0.5) is 45.0 Å². The number of piperidine rings is 3. The molecule has 50 heavy (non-hydrogen) atoms. The van der Waals surface area contributed by atoms with Crippen LogP contribution in [0.15, 0.2) is 41.5 Å². The van der Waals surface area contributed by atoms with E-state index in [2.05, 4.69) is 59.3 Å². The lowest BCUT2D eigenvalue weighted by Crippen LogP contribution is -2.35. The molecule has 1 aromatic heterocycles. The molecule has 0 unspecified atom stereocenters. The fourth-order valence-electron chi connectivity index (χ4n) is 6.39. The average molecular weight is 691 g/mol. The first-order valence-corrected chi connectivity index (χ1v) is 17.4. The summed E-state index contributed by atoms with van der Waals surface area (Å²) in [5.41, 5.74) is 5.97. The van der Waals surface area contributed by atoms with Crippen molar-refractivity contribution >= 4 is 52.8 Å². The SMILES string of the molecule is CC(=O)O.CC1CCN(c2cc(N3CCC(C)CC3)c([N+](=O)[O-])cc2/C=N/Nc2nc(Nc3ccc(F)cc3)nc(N3CCCCC3)n2)CC1. The number of carboxylic acid groups (broad SMARTS) is 1. The predicted octanol–water partition coefficient (Wildman–Crippen LogP) is 6.66. The summed E-state index contributed by atoms with van der Waals surface area (Å²) in [6.07, 6.45) is 9.06. The maximum absolute atomic E-state index is 13.5. The number of anilines is 6. The zero-order valence-electron chi connectivity index (χ0n) is 29.0. The van der Waals surface area contributed by atoms with Crippen LogP contribution in [0, 0.1) is 27.8 Å². The zero-order valence-corrected chi connectivity index (χ0v) is 29.0. The van der Waals surface area contributed by atoms with E-state index >= 15 is 0 Å². The van der Waals surface area contributed by atoms with E-state index in [0.717, 1.165) is 96.8 Å². The summed E-state index contributed by atoms with van der Waals surface area (Å²) in [5, 5.41) is 27.4.